The summed E-state index contributed by atoms with van der Waals surface area (Å²) in [7, 11) is 0. The van der Waals surface area contributed by atoms with E-state index in [0.717, 1.165) is 17.5 Å². The summed E-state index contributed by atoms with van der Waals surface area (Å²) in [6.07, 6.45) is 1.02. The van der Waals surface area contributed by atoms with Crippen LogP contribution < -0.4 is 5.32 Å². The third-order valence-electron chi connectivity index (χ3n) is 4.16. The maximum absolute atomic E-state index is 12.3. The lowest BCUT2D eigenvalue weighted by Gasteiger charge is -2.09. The summed E-state index contributed by atoms with van der Waals surface area (Å²) >= 11 is 1.51. The third kappa shape index (κ3) is 4.69. The number of amides is 1. The van der Waals surface area contributed by atoms with E-state index in [1.54, 1.807) is 18.2 Å². The molecule has 0 spiro atoms. The second kappa shape index (κ2) is 9.06. The van der Waals surface area contributed by atoms with Crippen LogP contribution in [0.2, 0.25) is 0 Å². The zero-order valence-corrected chi connectivity index (χ0v) is 16.0. The Morgan fingerprint density at radius 3 is 2.68 bits per heavy atom. The molecule has 2 aromatic heterocycles. The molecule has 142 valence electrons. The molecule has 1 amide bonds. The third-order valence-corrected chi connectivity index (χ3v) is 4.85. The van der Waals surface area contributed by atoms with Crippen molar-refractivity contribution < 1.29 is 14.0 Å². The van der Waals surface area contributed by atoms with Crippen LogP contribution in [-0.2, 0) is 22.4 Å². The molecule has 8 heteroatoms. The molecule has 0 aliphatic carbocycles. The van der Waals surface area contributed by atoms with Crippen LogP contribution in [0.25, 0.3) is 11.5 Å². The second-order valence-corrected chi connectivity index (χ2v) is 6.86. The van der Waals surface area contributed by atoms with Crippen molar-refractivity contribution in [3.05, 3.63) is 52.5 Å². The van der Waals surface area contributed by atoms with Crippen LogP contribution in [0.15, 0.2) is 45.5 Å². The number of carbonyl (C=O) groups is 2. The van der Waals surface area contributed by atoms with Crippen molar-refractivity contribution in [3.8, 4) is 17.5 Å². The molecule has 1 unspecified atom stereocenters. The number of Topliss-reactive ketones (excluding diaryl/α,β-unsaturated/α-hetero) is 1. The zero-order valence-electron chi connectivity index (χ0n) is 15.2. The number of benzene rings is 1. The molecular weight excluding hydrogens is 376 g/mol. The number of carbonyl (C=O) groups excluding carboxylic acids is 2. The first-order valence-electron chi connectivity index (χ1n) is 8.77. The lowest BCUT2D eigenvalue weighted by Crippen LogP contribution is -2.28. The van der Waals surface area contributed by atoms with E-state index in [4.69, 9.17) is 4.42 Å². The van der Waals surface area contributed by atoms with Gasteiger partial charge in [-0.2, -0.15) is 16.6 Å². The summed E-state index contributed by atoms with van der Waals surface area (Å²) in [4.78, 5) is 24.6. The number of nitrogens with zero attached hydrogens (tertiary/aromatic N) is 3. The van der Waals surface area contributed by atoms with Crippen LogP contribution in [0.5, 0.6) is 0 Å². The Morgan fingerprint density at radius 1 is 1.25 bits per heavy atom. The molecule has 7 nitrogen and oxygen atoms in total. The Morgan fingerprint density at radius 2 is 2.04 bits per heavy atom. The van der Waals surface area contributed by atoms with Crippen molar-refractivity contribution in [3.63, 3.8) is 0 Å². The lowest BCUT2D eigenvalue weighted by atomic mass is 10.0. The lowest BCUT2D eigenvalue weighted by molar-refractivity contribution is -0.128. The standard InChI is InChI=1S/C20H18N4O3S/c1-2-13-3-5-15(6-4-13)22-19(26)16(11-21)17(25)7-8-18-23-24-20(27-18)14-9-10-28-12-14/h3-6,9-10,12,16H,2,7-8H2,1H3,(H,22,26). The highest BCUT2D eigenvalue weighted by Gasteiger charge is 2.26. The minimum Gasteiger partial charge on any atom is -0.421 e. The van der Waals surface area contributed by atoms with Gasteiger partial charge in [-0.1, -0.05) is 19.1 Å². The van der Waals surface area contributed by atoms with E-state index in [2.05, 4.69) is 15.5 Å². The van der Waals surface area contributed by atoms with Gasteiger partial charge in [-0.05, 0) is 35.6 Å². The van der Waals surface area contributed by atoms with Crippen molar-refractivity contribution >= 4 is 28.7 Å². The predicted molar refractivity (Wildman–Crippen MR) is 104 cm³/mol. The molecule has 0 saturated heterocycles. The molecule has 1 N–H and O–H groups in total. The largest absolute Gasteiger partial charge is 0.421 e. The summed E-state index contributed by atoms with van der Waals surface area (Å²) in [5, 5.41) is 23.5. The first-order valence-corrected chi connectivity index (χ1v) is 9.72. The number of rotatable bonds is 8. The number of nitrogens with one attached hydrogen (secondary N) is 1. The van der Waals surface area contributed by atoms with Gasteiger partial charge >= 0.3 is 0 Å². The molecule has 0 aliphatic rings. The molecule has 3 aromatic rings. The van der Waals surface area contributed by atoms with E-state index >= 15 is 0 Å². The number of aromatic nitrogens is 2. The smallest absolute Gasteiger partial charge is 0.249 e. The number of anilines is 1. The Labute approximate surface area is 166 Å². The van der Waals surface area contributed by atoms with E-state index in [-0.39, 0.29) is 12.8 Å². The van der Waals surface area contributed by atoms with Gasteiger partial charge in [-0.25, -0.2) is 0 Å². The highest BCUT2D eigenvalue weighted by Crippen LogP contribution is 2.21. The van der Waals surface area contributed by atoms with Gasteiger partial charge in [-0.3, -0.25) is 9.59 Å². The fourth-order valence-corrected chi connectivity index (χ4v) is 3.18. The number of ketones is 1. The predicted octanol–water partition coefficient (Wildman–Crippen LogP) is 3.64. The summed E-state index contributed by atoms with van der Waals surface area (Å²) in [6, 6.07) is 10.9. The maximum atomic E-state index is 12.3. The minimum absolute atomic E-state index is 0.0360. The maximum Gasteiger partial charge on any atom is 0.249 e. The Balaban J connectivity index is 1.57. The van der Waals surface area contributed by atoms with Crippen molar-refractivity contribution in [2.75, 3.05) is 5.32 Å². The fourth-order valence-electron chi connectivity index (χ4n) is 2.55. The molecule has 28 heavy (non-hydrogen) atoms. The monoisotopic (exact) mass is 394 g/mol. The van der Waals surface area contributed by atoms with E-state index in [9.17, 15) is 14.9 Å². The summed E-state index contributed by atoms with van der Waals surface area (Å²) in [5.74, 6) is -1.83. The molecule has 0 aliphatic heterocycles. The Hall–Kier alpha value is -3.31. The summed E-state index contributed by atoms with van der Waals surface area (Å²) in [5.41, 5.74) is 2.50. The summed E-state index contributed by atoms with van der Waals surface area (Å²) < 4.78 is 5.52. The molecule has 2 heterocycles. The van der Waals surface area contributed by atoms with Gasteiger partial charge in [0, 0.05) is 29.5 Å². The van der Waals surface area contributed by atoms with Crippen LogP contribution in [-0.4, -0.2) is 21.9 Å². The number of nitriles is 1. The zero-order chi connectivity index (χ0) is 19.9. The highest BCUT2D eigenvalue weighted by molar-refractivity contribution is 7.08. The molecule has 0 radical (unpaired) electrons. The van der Waals surface area contributed by atoms with Gasteiger partial charge in [0.2, 0.25) is 17.7 Å². The number of hydrogen-bond acceptors (Lipinski definition) is 7. The molecule has 0 bridgehead atoms. The number of aryl methyl sites for hydroxylation is 2. The average molecular weight is 394 g/mol. The van der Waals surface area contributed by atoms with Gasteiger partial charge in [-0.15, -0.1) is 10.2 Å². The van der Waals surface area contributed by atoms with E-state index in [0.29, 0.717) is 17.5 Å². The Bertz CT molecular complexity index is 987. The SMILES string of the molecule is CCc1ccc(NC(=O)C(C#N)C(=O)CCc2nnc(-c3ccsc3)o2)cc1. The molecule has 1 atom stereocenters. The fraction of sp³-hybridized carbons (Fsp3) is 0.250. The molecule has 1 aromatic carbocycles. The van der Waals surface area contributed by atoms with Gasteiger partial charge in [0.05, 0.1) is 6.07 Å². The Kier molecular flexibility index (Phi) is 6.29. The topological polar surface area (TPSA) is 109 Å². The van der Waals surface area contributed by atoms with Gasteiger partial charge in [0.25, 0.3) is 0 Å². The summed E-state index contributed by atoms with van der Waals surface area (Å²) in [6.45, 7) is 2.03. The van der Waals surface area contributed by atoms with Crippen molar-refractivity contribution in [2.45, 2.75) is 26.2 Å². The van der Waals surface area contributed by atoms with Crippen molar-refractivity contribution in [1.82, 2.24) is 10.2 Å². The molecule has 3 rings (SSSR count). The first kappa shape index (κ1) is 19.5. The van der Waals surface area contributed by atoms with Crippen molar-refractivity contribution in [2.24, 2.45) is 5.92 Å². The number of hydrogen-bond donors (Lipinski definition) is 1. The van der Waals surface area contributed by atoms with Gasteiger partial charge < -0.3 is 9.73 Å². The van der Waals surface area contributed by atoms with Crippen LogP contribution >= 0.6 is 11.3 Å². The molecular formula is C20H18N4O3S. The van der Waals surface area contributed by atoms with Crippen molar-refractivity contribution in [1.29, 1.82) is 5.26 Å². The van der Waals surface area contributed by atoms with Crippen LogP contribution in [0.4, 0.5) is 5.69 Å². The second-order valence-electron chi connectivity index (χ2n) is 6.08. The average Bonchev–Trinajstić information content (AvgIpc) is 3.39. The first-order chi connectivity index (χ1) is 13.6. The molecule has 0 fully saturated rings. The normalized spacial score (nSPS) is 11.6. The highest BCUT2D eigenvalue weighted by atomic mass is 32.1. The van der Waals surface area contributed by atoms with Crippen LogP contribution in [0.1, 0.15) is 24.8 Å². The minimum atomic E-state index is -1.38. The quantitative estimate of drug-likeness (QED) is 0.584. The van der Waals surface area contributed by atoms with E-state index in [1.165, 1.54) is 11.3 Å². The van der Waals surface area contributed by atoms with Gasteiger partial charge in [0.15, 0.2) is 11.7 Å². The van der Waals surface area contributed by atoms with Gasteiger partial charge in [0.1, 0.15) is 0 Å². The van der Waals surface area contributed by atoms with E-state index in [1.807, 2.05) is 35.9 Å². The van der Waals surface area contributed by atoms with Crippen LogP contribution in [0.3, 0.4) is 0 Å². The van der Waals surface area contributed by atoms with E-state index < -0.39 is 17.6 Å². The van der Waals surface area contributed by atoms with Crippen LogP contribution in [0, 0.1) is 17.2 Å². The number of thiophene rings is 1. The molecule has 0 saturated carbocycles.